The molecule has 1 aromatic heterocycles. The maximum atomic E-state index is 5.46. The van der Waals surface area contributed by atoms with E-state index in [0.29, 0.717) is 18.3 Å². The highest BCUT2D eigenvalue weighted by molar-refractivity contribution is 7.80. The number of benzene rings is 2. The van der Waals surface area contributed by atoms with Crippen LogP contribution in [0.2, 0.25) is 0 Å². The van der Waals surface area contributed by atoms with Crippen LogP contribution in [0.4, 0.5) is 5.69 Å². The van der Waals surface area contributed by atoms with Gasteiger partial charge in [0.1, 0.15) is 5.75 Å². The summed E-state index contributed by atoms with van der Waals surface area (Å²) >= 11 is 5.44. The van der Waals surface area contributed by atoms with Crippen LogP contribution in [0, 0.1) is 13.8 Å². The van der Waals surface area contributed by atoms with Crippen molar-refractivity contribution in [1.29, 1.82) is 0 Å². The zero-order valence-electron chi connectivity index (χ0n) is 16.5. The molecule has 0 amide bonds. The molecule has 3 rings (SSSR count). The van der Waals surface area contributed by atoms with E-state index in [-0.39, 0.29) is 0 Å². The Morgan fingerprint density at radius 1 is 1.07 bits per heavy atom. The second-order valence-corrected chi connectivity index (χ2v) is 6.97. The Morgan fingerprint density at radius 2 is 1.79 bits per heavy atom. The largest absolute Gasteiger partial charge is 0.494 e. The van der Waals surface area contributed by atoms with Crippen molar-refractivity contribution in [3.63, 3.8) is 0 Å². The lowest BCUT2D eigenvalue weighted by molar-refractivity contribution is 0.340. The number of ether oxygens (including phenoxy) is 1. The summed E-state index contributed by atoms with van der Waals surface area (Å²) in [6, 6.07) is 18.1. The summed E-state index contributed by atoms with van der Waals surface area (Å²) in [7, 11) is 0. The Labute approximate surface area is 171 Å². The number of thiocarbonyl (C=S) groups is 1. The number of aryl methyl sites for hydroxylation is 1. The van der Waals surface area contributed by atoms with Crippen LogP contribution >= 0.6 is 12.2 Å². The van der Waals surface area contributed by atoms with E-state index in [1.807, 2.05) is 48.9 Å². The molecule has 28 heavy (non-hydrogen) atoms. The van der Waals surface area contributed by atoms with E-state index in [1.165, 1.54) is 11.1 Å². The molecule has 0 fully saturated rings. The first-order chi connectivity index (χ1) is 13.6. The van der Waals surface area contributed by atoms with E-state index in [2.05, 4.69) is 41.8 Å². The number of hydrogen-bond acceptors (Lipinski definition) is 3. The lowest BCUT2D eigenvalue weighted by Gasteiger charge is -2.12. The number of rotatable bonds is 7. The standard InChI is InChI=1S/C22H26N4OS/c1-4-27-20-12-10-19(11-13-20)24-22(28)23-14-21-16(2)25-26(17(21)3)15-18-8-6-5-7-9-18/h5-13H,4,14-15H2,1-3H3,(H2,23,24,28). The summed E-state index contributed by atoms with van der Waals surface area (Å²) in [5, 5.41) is 11.8. The summed E-state index contributed by atoms with van der Waals surface area (Å²) in [6.45, 7) is 8.16. The van der Waals surface area contributed by atoms with Gasteiger partial charge in [-0.25, -0.2) is 0 Å². The molecule has 2 N–H and O–H groups in total. The fraction of sp³-hybridized carbons (Fsp3) is 0.273. The van der Waals surface area contributed by atoms with Gasteiger partial charge in [0.15, 0.2) is 5.11 Å². The maximum Gasteiger partial charge on any atom is 0.171 e. The zero-order valence-corrected chi connectivity index (χ0v) is 17.3. The Balaban J connectivity index is 1.58. The van der Waals surface area contributed by atoms with Crippen molar-refractivity contribution in [2.75, 3.05) is 11.9 Å². The first-order valence-electron chi connectivity index (χ1n) is 9.41. The minimum absolute atomic E-state index is 0.582. The number of nitrogens with zero attached hydrogens (tertiary/aromatic N) is 2. The molecule has 0 aliphatic heterocycles. The third-order valence-electron chi connectivity index (χ3n) is 4.56. The Hall–Kier alpha value is -2.86. The van der Waals surface area contributed by atoms with Crippen molar-refractivity contribution in [1.82, 2.24) is 15.1 Å². The monoisotopic (exact) mass is 394 g/mol. The van der Waals surface area contributed by atoms with Gasteiger partial charge >= 0.3 is 0 Å². The molecule has 5 nitrogen and oxygen atoms in total. The van der Waals surface area contributed by atoms with Gasteiger partial charge in [-0.2, -0.15) is 5.10 Å². The second-order valence-electron chi connectivity index (χ2n) is 6.56. The molecular formula is C22H26N4OS. The number of nitrogens with one attached hydrogen (secondary N) is 2. The predicted octanol–water partition coefficient (Wildman–Crippen LogP) is 4.43. The van der Waals surface area contributed by atoms with Gasteiger partial charge < -0.3 is 15.4 Å². The fourth-order valence-corrected chi connectivity index (χ4v) is 3.24. The number of anilines is 1. The third-order valence-corrected chi connectivity index (χ3v) is 4.80. The zero-order chi connectivity index (χ0) is 19.9. The topological polar surface area (TPSA) is 51.1 Å². The minimum atomic E-state index is 0.582. The van der Waals surface area contributed by atoms with E-state index in [0.717, 1.165) is 29.4 Å². The first kappa shape index (κ1) is 19.9. The molecule has 0 unspecified atom stereocenters. The van der Waals surface area contributed by atoms with Crippen LogP contribution in [0.3, 0.4) is 0 Å². The molecule has 0 saturated heterocycles. The smallest absolute Gasteiger partial charge is 0.171 e. The van der Waals surface area contributed by atoms with E-state index in [1.54, 1.807) is 0 Å². The average Bonchev–Trinajstić information content (AvgIpc) is 2.95. The average molecular weight is 395 g/mol. The second kappa shape index (κ2) is 9.37. The van der Waals surface area contributed by atoms with E-state index in [9.17, 15) is 0 Å². The molecule has 0 bridgehead atoms. The summed E-state index contributed by atoms with van der Waals surface area (Å²) in [6.07, 6.45) is 0. The van der Waals surface area contributed by atoms with E-state index in [4.69, 9.17) is 22.1 Å². The van der Waals surface area contributed by atoms with Crippen molar-refractivity contribution in [2.24, 2.45) is 0 Å². The summed E-state index contributed by atoms with van der Waals surface area (Å²) in [5.41, 5.74) is 5.50. The molecule has 0 aliphatic rings. The van der Waals surface area contributed by atoms with Gasteiger partial charge in [0.05, 0.1) is 18.8 Å². The Kier molecular flexibility index (Phi) is 6.66. The van der Waals surface area contributed by atoms with Crippen molar-refractivity contribution < 1.29 is 4.74 Å². The highest BCUT2D eigenvalue weighted by Crippen LogP contribution is 2.17. The van der Waals surface area contributed by atoms with E-state index < -0.39 is 0 Å². The number of hydrogen-bond donors (Lipinski definition) is 2. The molecule has 0 spiro atoms. The van der Waals surface area contributed by atoms with Gasteiger partial charge in [0, 0.05) is 23.5 Å². The molecule has 0 radical (unpaired) electrons. The van der Waals surface area contributed by atoms with Crippen LogP contribution in [-0.2, 0) is 13.1 Å². The third kappa shape index (κ3) is 5.10. The normalized spacial score (nSPS) is 10.5. The molecular weight excluding hydrogens is 368 g/mol. The summed E-state index contributed by atoms with van der Waals surface area (Å²) in [5.74, 6) is 0.851. The van der Waals surface area contributed by atoms with Crippen molar-refractivity contribution in [2.45, 2.75) is 33.9 Å². The summed E-state index contributed by atoms with van der Waals surface area (Å²) < 4.78 is 7.50. The van der Waals surface area contributed by atoms with Crippen LogP contribution in [0.25, 0.3) is 0 Å². The fourth-order valence-electron chi connectivity index (χ4n) is 3.05. The molecule has 0 atom stereocenters. The van der Waals surface area contributed by atoms with Crippen LogP contribution < -0.4 is 15.4 Å². The van der Waals surface area contributed by atoms with Gasteiger partial charge in [-0.3, -0.25) is 4.68 Å². The number of aromatic nitrogens is 2. The van der Waals surface area contributed by atoms with Crippen LogP contribution in [0.15, 0.2) is 54.6 Å². The van der Waals surface area contributed by atoms with Crippen molar-refractivity contribution >= 4 is 23.0 Å². The molecule has 6 heteroatoms. The van der Waals surface area contributed by atoms with Crippen molar-refractivity contribution in [3.8, 4) is 5.75 Å². The predicted molar refractivity (Wildman–Crippen MR) is 118 cm³/mol. The van der Waals surface area contributed by atoms with Gasteiger partial charge in [0.25, 0.3) is 0 Å². The molecule has 146 valence electrons. The van der Waals surface area contributed by atoms with Gasteiger partial charge in [-0.1, -0.05) is 30.3 Å². The molecule has 2 aromatic carbocycles. The highest BCUT2D eigenvalue weighted by Gasteiger charge is 2.12. The molecule has 1 heterocycles. The SMILES string of the molecule is CCOc1ccc(NC(=S)NCc2c(C)nn(Cc3ccccc3)c2C)cc1. The molecule has 3 aromatic rings. The Morgan fingerprint density at radius 3 is 2.46 bits per heavy atom. The van der Waals surface area contributed by atoms with Crippen molar-refractivity contribution in [3.05, 3.63) is 77.1 Å². The van der Waals surface area contributed by atoms with Gasteiger partial charge in [0.2, 0.25) is 0 Å². The maximum absolute atomic E-state index is 5.46. The van der Waals surface area contributed by atoms with Gasteiger partial charge in [-0.05, 0) is 62.8 Å². The minimum Gasteiger partial charge on any atom is -0.494 e. The Bertz CT molecular complexity index is 920. The van der Waals surface area contributed by atoms with Crippen LogP contribution in [0.1, 0.15) is 29.4 Å². The summed E-state index contributed by atoms with van der Waals surface area (Å²) in [4.78, 5) is 0. The van der Waals surface area contributed by atoms with Crippen LogP contribution in [0.5, 0.6) is 5.75 Å². The highest BCUT2D eigenvalue weighted by atomic mass is 32.1. The lowest BCUT2D eigenvalue weighted by atomic mass is 10.2. The van der Waals surface area contributed by atoms with E-state index >= 15 is 0 Å². The molecule has 0 aliphatic carbocycles. The van der Waals surface area contributed by atoms with Crippen LogP contribution in [-0.4, -0.2) is 21.5 Å². The quantitative estimate of drug-likeness (QED) is 0.581. The van der Waals surface area contributed by atoms with Gasteiger partial charge in [-0.15, -0.1) is 0 Å². The first-order valence-corrected chi connectivity index (χ1v) is 9.82. The lowest BCUT2D eigenvalue weighted by Crippen LogP contribution is -2.28. The molecule has 0 saturated carbocycles.